The van der Waals surface area contributed by atoms with E-state index in [0.717, 1.165) is 4.47 Å². The van der Waals surface area contributed by atoms with Gasteiger partial charge in [0.2, 0.25) is 0 Å². The number of anilines is 3. The minimum atomic E-state index is -0.321. The smallest absolute Gasteiger partial charge is 0.146 e. The second kappa shape index (κ2) is 4.49. The number of hydrogen-bond donors (Lipinski definition) is 2. The van der Waals surface area contributed by atoms with Crippen molar-refractivity contribution in [2.75, 3.05) is 11.1 Å². The quantitative estimate of drug-likeness (QED) is 0.888. The summed E-state index contributed by atoms with van der Waals surface area (Å²) >= 11 is 3.28. The highest BCUT2D eigenvalue weighted by Crippen LogP contribution is 2.24. The van der Waals surface area contributed by atoms with Crippen LogP contribution in [0.3, 0.4) is 0 Å². The van der Waals surface area contributed by atoms with Gasteiger partial charge in [-0.1, -0.05) is 15.9 Å². The lowest BCUT2D eigenvalue weighted by molar-refractivity contribution is 0.631. The highest BCUT2D eigenvalue weighted by Gasteiger charge is 2.03. The minimum absolute atomic E-state index is 0.321. The summed E-state index contributed by atoms with van der Waals surface area (Å²) < 4.78 is 14.2. The average molecular weight is 282 g/mol. The molecule has 0 bridgehead atoms. The van der Waals surface area contributed by atoms with Gasteiger partial charge in [-0.2, -0.15) is 0 Å². The number of pyridine rings is 1. The van der Waals surface area contributed by atoms with Crippen LogP contribution in [0.4, 0.5) is 21.6 Å². The zero-order valence-corrected chi connectivity index (χ0v) is 9.83. The zero-order valence-electron chi connectivity index (χ0n) is 8.24. The second-order valence-corrected chi connectivity index (χ2v) is 4.13. The number of aromatic nitrogens is 1. The summed E-state index contributed by atoms with van der Waals surface area (Å²) in [5.74, 6) is 0.0685. The van der Waals surface area contributed by atoms with Crippen LogP contribution in [0.1, 0.15) is 0 Å². The molecule has 0 aliphatic heterocycles. The van der Waals surface area contributed by atoms with E-state index in [2.05, 4.69) is 26.2 Å². The lowest BCUT2D eigenvalue weighted by Gasteiger charge is -2.08. The van der Waals surface area contributed by atoms with Crippen molar-refractivity contribution in [2.45, 2.75) is 0 Å². The van der Waals surface area contributed by atoms with Crippen molar-refractivity contribution in [3.05, 3.63) is 46.8 Å². The summed E-state index contributed by atoms with van der Waals surface area (Å²) in [6.07, 6.45) is 1.56. The molecule has 0 atom stereocenters. The number of nitrogens with one attached hydrogen (secondary N) is 1. The van der Waals surface area contributed by atoms with Gasteiger partial charge < -0.3 is 11.1 Å². The first-order valence-electron chi connectivity index (χ1n) is 4.59. The molecule has 0 unspecified atom stereocenters. The maximum atomic E-state index is 13.4. The Morgan fingerprint density at radius 3 is 2.81 bits per heavy atom. The summed E-state index contributed by atoms with van der Waals surface area (Å²) in [6, 6.07) is 8.04. The molecule has 1 heterocycles. The summed E-state index contributed by atoms with van der Waals surface area (Å²) in [6.45, 7) is 0. The van der Waals surface area contributed by atoms with E-state index in [0.29, 0.717) is 17.2 Å². The third-order valence-electron chi connectivity index (χ3n) is 1.99. The molecule has 0 spiro atoms. The Bertz CT molecular complexity index is 516. The van der Waals surface area contributed by atoms with Gasteiger partial charge in [0.25, 0.3) is 0 Å². The predicted molar refractivity (Wildman–Crippen MR) is 66.0 cm³/mol. The molecule has 16 heavy (non-hydrogen) atoms. The molecule has 3 nitrogen and oxygen atoms in total. The van der Waals surface area contributed by atoms with Crippen LogP contribution in [0.25, 0.3) is 0 Å². The van der Waals surface area contributed by atoms with Crippen molar-refractivity contribution >= 4 is 33.1 Å². The summed E-state index contributed by atoms with van der Waals surface area (Å²) in [5, 5.41) is 2.93. The molecule has 0 aliphatic rings. The number of nitrogen functional groups attached to an aromatic ring is 1. The van der Waals surface area contributed by atoms with Gasteiger partial charge in [-0.3, -0.25) is 0 Å². The fourth-order valence-electron chi connectivity index (χ4n) is 1.27. The summed E-state index contributed by atoms with van der Waals surface area (Å²) in [5.41, 5.74) is 6.61. The molecular formula is C11H9BrFN3. The topological polar surface area (TPSA) is 50.9 Å². The van der Waals surface area contributed by atoms with E-state index < -0.39 is 0 Å². The van der Waals surface area contributed by atoms with Gasteiger partial charge in [-0.25, -0.2) is 9.37 Å². The van der Waals surface area contributed by atoms with E-state index in [1.54, 1.807) is 30.5 Å². The van der Waals surface area contributed by atoms with Crippen LogP contribution >= 0.6 is 15.9 Å². The SMILES string of the molecule is Nc1cc(Nc2cc(Br)ccc2F)ccn1. The molecule has 1 aromatic heterocycles. The van der Waals surface area contributed by atoms with Crippen molar-refractivity contribution in [3.8, 4) is 0 Å². The van der Waals surface area contributed by atoms with Gasteiger partial charge in [-0.05, 0) is 24.3 Å². The first-order valence-corrected chi connectivity index (χ1v) is 5.38. The van der Waals surface area contributed by atoms with Crippen molar-refractivity contribution in [1.82, 2.24) is 4.98 Å². The van der Waals surface area contributed by atoms with Gasteiger partial charge >= 0.3 is 0 Å². The normalized spacial score (nSPS) is 10.1. The molecule has 1 aromatic carbocycles. The lowest BCUT2D eigenvalue weighted by atomic mass is 10.3. The molecule has 0 saturated carbocycles. The Morgan fingerprint density at radius 1 is 1.25 bits per heavy atom. The van der Waals surface area contributed by atoms with Crippen LogP contribution in [-0.2, 0) is 0 Å². The number of nitrogens with zero attached hydrogens (tertiary/aromatic N) is 1. The Labute approximate surface area is 101 Å². The maximum Gasteiger partial charge on any atom is 0.146 e. The van der Waals surface area contributed by atoms with Crippen LogP contribution in [0.2, 0.25) is 0 Å². The summed E-state index contributed by atoms with van der Waals surface area (Å²) in [4.78, 5) is 3.86. The third kappa shape index (κ3) is 2.49. The Morgan fingerprint density at radius 2 is 2.06 bits per heavy atom. The Hall–Kier alpha value is -1.62. The molecule has 2 aromatic rings. The number of hydrogen-bond acceptors (Lipinski definition) is 3. The highest BCUT2D eigenvalue weighted by molar-refractivity contribution is 9.10. The van der Waals surface area contributed by atoms with Crippen molar-refractivity contribution < 1.29 is 4.39 Å². The first-order chi connectivity index (χ1) is 7.65. The van der Waals surface area contributed by atoms with E-state index in [1.807, 2.05) is 0 Å². The number of nitrogens with two attached hydrogens (primary N) is 1. The number of rotatable bonds is 2. The molecule has 0 saturated heterocycles. The Kier molecular flexibility index (Phi) is 3.05. The molecule has 0 amide bonds. The molecule has 2 rings (SSSR count). The largest absolute Gasteiger partial charge is 0.384 e. The maximum absolute atomic E-state index is 13.4. The van der Waals surface area contributed by atoms with Gasteiger partial charge in [0.05, 0.1) is 5.69 Å². The first kappa shape index (κ1) is 10.9. The van der Waals surface area contributed by atoms with Gasteiger partial charge in [0.15, 0.2) is 0 Å². The standard InChI is InChI=1S/C11H9BrFN3/c12-7-1-2-9(13)10(5-7)16-8-3-4-15-11(14)6-8/h1-6H,(H3,14,15,16). The molecule has 0 aliphatic carbocycles. The Balaban J connectivity index is 2.30. The van der Waals surface area contributed by atoms with Crippen molar-refractivity contribution in [1.29, 1.82) is 0 Å². The molecular weight excluding hydrogens is 273 g/mol. The average Bonchev–Trinajstić information content (AvgIpc) is 2.24. The van der Waals surface area contributed by atoms with E-state index >= 15 is 0 Å². The molecule has 5 heteroatoms. The highest BCUT2D eigenvalue weighted by atomic mass is 79.9. The molecule has 0 fully saturated rings. The van der Waals surface area contributed by atoms with Gasteiger partial charge in [-0.15, -0.1) is 0 Å². The van der Waals surface area contributed by atoms with Crippen LogP contribution in [0.15, 0.2) is 41.0 Å². The van der Waals surface area contributed by atoms with Gasteiger partial charge in [0, 0.05) is 22.4 Å². The molecule has 3 N–H and O–H groups in total. The monoisotopic (exact) mass is 281 g/mol. The van der Waals surface area contributed by atoms with Crippen LogP contribution in [0.5, 0.6) is 0 Å². The number of halogens is 2. The third-order valence-corrected chi connectivity index (χ3v) is 2.48. The fourth-order valence-corrected chi connectivity index (χ4v) is 1.64. The van der Waals surface area contributed by atoms with Crippen molar-refractivity contribution in [3.63, 3.8) is 0 Å². The molecule has 82 valence electrons. The van der Waals surface area contributed by atoms with Crippen LogP contribution in [-0.4, -0.2) is 4.98 Å². The van der Waals surface area contributed by atoms with Crippen molar-refractivity contribution in [2.24, 2.45) is 0 Å². The van der Waals surface area contributed by atoms with Crippen LogP contribution in [0, 0.1) is 5.82 Å². The zero-order chi connectivity index (χ0) is 11.5. The fraction of sp³-hybridized carbons (Fsp3) is 0. The second-order valence-electron chi connectivity index (χ2n) is 3.22. The summed E-state index contributed by atoms with van der Waals surface area (Å²) in [7, 11) is 0. The van der Waals surface area contributed by atoms with E-state index in [4.69, 9.17) is 5.73 Å². The van der Waals surface area contributed by atoms with Gasteiger partial charge in [0.1, 0.15) is 11.6 Å². The van der Waals surface area contributed by atoms with Crippen LogP contribution < -0.4 is 11.1 Å². The lowest BCUT2D eigenvalue weighted by Crippen LogP contribution is -1.96. The molecule has 0 radical (unpaired) electrons. The predicted octanol–water partition coefficient (Wildman–Crippen LogP) is 3.31. The number of benzene rings is 1. The van der Waals surface area contributed by atoms with E-state index in [-0.39, 0.29) is 5.82 Å². The van der Waals surface area contributed by atoms with E-state index in [9.17, 15) is 4.39 Å². The minimum Gasteiger partial charge on any atom is -0.384 e. The van der Waals surface area contributed by atoms with E-state index in [1.165, 1.54) is 6.07 Å².